The number of aliphatic imine (C=N–C) groups is 1. The average Bonchev–Trinajstić information content (AvgIpc) is 2.82. The van der Waals surface area contributed by atoms with Crippen molar-refractivity contribution in [2.24, 2.45) is 10.7 Å². The third-order valence-corrected chi connectivity index (χ3v) is 5.45. The highest BCUT2D eigenvalue weighted by Crippen LogP contribution is 2.23. The molecule has 0 fully saturated rings. The van der Waals surface area contributed by atoms with E-state index in [1.54, 1.807) is 19.5 Å². The first-order valence-corrected chi connectivity index (χ1v) is 11.1. The van der Waals surface area contributed by atoms with E-state index in [4.69, 9.17) is 5.73 Å². The zero-order chi connectivity index (χ0) is 24.7. The number of hydrogen-bond donors (Lipinski definition) is 3. The molecule has 1 aromatic heterocycles. The number of carbonyl (C=O) groups excluding carboxylic acids is 1. The van der Waals surface area contributed by atoms with E-state index in [9.17, 15) is 4.79 Å². The third kappa shape index (κ3) is 6.28. The SMILES string of the molecule is CN=CC(=CN)Nc1nccc(-c2ccc(CNC(=O)c3ccc(C(C)(C)C)cc3)c(C)c2)n1. The second-order valence-electron chi connectivity index (χ2n) is 9.05. The minimum absolute atomic E-state index is 0.0571. The van der Waals surface area contributed by atoms with Crippen molar-refractivity contribution in [3.8, 4) is 11.3 Å². The maximum atomic E-state index is 12.6. The Kier molecular flexibility index (Phi) is 7.79. The van der Waals surface area contributed by atoms with Crippen molar-refractivity contribution in [1.82, 2.24) is 15.3 Å². The fourth-order valence-electron chi connectivity index (χ4n) is 3.42. The number of carbonyl (C=O) groups is 1. The van der Waals surface area contributed by atoms with Crippen molar-refractivity contribution in [3.63, 3.8) is 0 Å². The van der Waals surface area contributed by atoms with Crippen LogP contribution in [0.2, 0.25) is 0 Å². The summed E-state index contributed by atoms with van der Waals surface area (Å²) in [5.41, 5.74) is 12.0. The highest BCUT2D eigenvalue weighted by Gasteiger charge is 2.14. The molecule has 0 atom stereocenters. The van der Waals surface area contributed by atoms with Crippen LogP contribution in [-0.2, 0) is 12.0 Å². The third-order valence-electron chi connectivity index (χ3n) is 5.45. The Morgan fingerprint density at radius 3 is 2.47 bits per heavy atom. The van der Waals surface area contributed by atoms with E-state index in [0.29, 0.717) is 23.8 Å². The molecule has 2 aromatic carbocycles. The molecule has 0 saturated carbocycles. The van der Waals surface area contributed by atoms with E-state index in [1.807, 2.05) is 49.4 Å². The Morgan fingerprint density at radius 1 is 1.12 bits per heavy atom. The number of nitrogens with two attached hydrogens (primary N) is 1. The van der Waals surface area contributed by atoms with Crippen LogP contribution in [0.4, 0.5) is 5.95 Å². The quantitative estimate of drug-likeness (QED) is 0.451. The van der Waals surface area contributed by atoms with Gasteiger partial charge in [-0.1, -0.05) is 45.0 Å². The molecular weight excluding hydrogens is 424 g/mol. The standard InChI is InChI=1S/C27H32N6O/c1-18-14-20(24-12-13-30-26(33-24)32-23(15-28)17-29-5)6-7-21(18)16-31-25(34)19-8-10-22(11-9-19)27(2,3)4/h6-15,17H,16,28H2,1-5H3,(H,31,34)(H,30,32,33). The molecule has 0 bridgehead atoms. The summed E-state index contributed by atoms with van der Waals surface area (Å²) >= 11 is 0. The number of nitrogens with zero attached hydrogens (tertiary/aromatic N) is 3. The van der Waals surface area contributed by atoms with Gasteiger partial charge >= 0.3 is 0 Å². The molecule has 0 saturated heterocycles. The van der Waals surface area contributed by atoms with Crippen LogP contribution in [-0.4, -0.2) is 29.1 Å². The van der Waals surface area contributed by atoms with Crippen LogP contribution in [0.5, 0.6) is 0 Å². The number of rotatable bonds is 7. The van der Waals surface area contributed by atoms with Crippen molar-refractivity contribution in [2.75, 3.05) is 12.4 Å². The molecule has 3 aromatic rings. The van der Waals surface area contributed by atoms with Crippen molar-refractivity contribution < 1.29 is 4.79 Å². The summed E-state index contributed by atoms with van der Waals surface area (Å²) in [7, 11) is 1.66. The molecule has 7 nitrogen and oxygen atoms in total. The predicted molar refractivity (Wildman–Crippen MR) is 139 cm³/mol. The van der Waals surface area contributed by atoms with E-state index < -0.39 is 0 Å². The highest BCUT2D eigenvalue weighted by molar-refractivity contribution is 5.94. The maximum absolute atomic E-state index is 12.6. The maximum Gasteiger partial charge on any atom is 0.251 e. The van der Waals surface area contributed by atoms with Gasteiger partial charge < -0.3 is 16.4 Å². The first-order valence-electron chi connectivity index (χ1n) is 11.1. The zero-order valence-corrected chi connectivity index (χ0v) is 20.4. The first-order chi connectivity index (χ1) is 16.2. The van der Waals surface area contributed by atoms with Gasteiger partial charge in [0.2, 0.25) is 5.95 Å². The monoisotopic (exact) mass is 456 g/mol. The molecule has 7 heteroatoms. The highest BCUT2D eigenvalue weighted by atomic mass is 16.1. The van der Waals surface area contributed by atoms with E-state index >= 15 is 0 Å². The number of amides is 1. The normalized spacial score (nSPS) is 12.1. The first kappa shape index (κ1) is 24.6. The molecule has 3 rings (SSSR count). The largest absolute Gasteiger partial charge is 0.403 e. The Hall–Kier alpha value is -4.00. The van der Waals surface area contributed by atoms with Gasteiger partial charge in [-0.3, -0.25) is 9.79 Å². The van der Waals surface area contributed by atoms with Crippen molar-refractivity contribution in [3.05, 3.63) is 88.9 Å². The van der Waals surface area contributed by atoms with Crippen LogP contribution < -0.4 is 16.4 Å². The summed E-state index contributed by atoms with van der Waals surface area (Å²) in [6.45, 7) is 8.94. The smallest absolute Gasteiger partial charge is 0.251 e. The molecule has 4 N–H and O–H groups in total. The topological polar surface area (TPSA) is 105 Å². The number of aryl methyl sites for hydroxylation is 1. The molecule has 0 spiro atoms. The second kappa shape index (κ2) is 10.7. The van der Waals surface area contributed by atoms with E-state index in [0.717, 1.165) is 22.4 Å². The van der Waals surface area contributed by atoms with Gasteiger partial charge in [-0.15, -0.1) is 0 Å². The lowest BCUT2D eigenvalue weighted by Crippen LogP contribution is -2.23. The molecule has 0 unspecified atom stereocenters. The second-order valence-corrected chi connectivity index (χ2v) is 9.05. The molecule has 0 aliphatic heterocycles. The lowest BCUT2D eigenvalue weighted by Gasteiger charge is -2.19. The van der Waals surface area contributed by atoms with Crippen LogP contribution in [0.15, 0.2) is 71.6 Å². The van der Waals surface area contributed by atoms with Crippen molar-refractivity contribution in [2.45, 2.75) is 39.7 Å². The molecule has 176 valence electrons. The summed E-state index contributed by atoms with van der Waals surface area (Å²) in [5.74, 6) is 0.343. The minimum atomic E-state index is -0.0881. The van der Waals surface area contributed by atoms with Gasteiger partial charge in [0.25, 0.3) is 5.91 Å². The Labute approximate surface area is 201 Å². The number of hydrogen-bond acceptors (Lipinski definition) is 6. The van der Waals surface area contributed by atoms with Crippen LogP contribution in [0.25, 0.3) is 11.3 Å². The van der Waals surface area contributed by atoms with Gasteiger partial charge in [0.05, 0.1) is 11.4 Å². The van der Waals surface area contributed by atoms with Gasteiger partial charge in [0.1, 0.15) is 0 Å². The summed E-state index contributed by atoms with van der Waals surface area (Å²) in [6, 6.07) is 15.7. The van der Waals surface area contributed by atoms with Crippen molar-refractivity contribution in [1.29, 1.82) is 0 Å². The molecule has 0 radical (unpaired) electrons. The van der Waals surface area contributed by atoms with Gasteiger partial charge in [-0.2, -0.15) is 0 Å². The summed E-state index contributed by atoms with van der Waals surface area (Å²) < 4.78 is 0. The number of anilines is 1. The minimum Gasteiger partial charge on any atom is -0.403 e. The molecule has 1 amide bonds. The van der Waals surface area contributed by atoms with E-state index in [1.165, 1.54) is 11.8 Å². The molecule has 0 aliphatic rings. The molecule has 0 aliphatic carbocycles. The van der Waals surface area contributed by atoms with Gasteiger partial charge in [-0.25, -0.2) is 9.97 Å². The number of benzene rings is 2. The molecule has 34 heavy (non-hydrogen) atoms. The van der Waals surface area contributed by atoms with Crippen LogP contribution >= 0.6 is 0 Å². The lowest BCUT2D eigenvalue weighted by atomic mass is 9.87. The van der Waals surface area contributed by atoms with Crippen LogP contribution in [0, 0.1) is 6.92 Å². The van der Waals surface area contributed by atoms with Crippen molar-refractivity contribution >= 4 is 18.1 Å². The number of aromatic nitrogens is 2. The summed E-state index contributed by atoms with van der Waals surface area (Å²) in [6.07, 6.45) is 4.70. The summed E-state index contributed by atoms with van der Waals surface area (Å²) in [4.78, 5) is 25.4. The van der Waals surface area contributed by atoms with E-state index in [-0.39, 0.29) is 11.3 Å². The van der Waals surface area contributed by atoms with Gasteiger partial charge in [0.15, 0.2) is 0 Å². The molecular formula is C27H32N6O. The predicted octanol–water partition coefficient (Wildman–Crippen LogP) is 4.59. The Bertz CT molecular complexity index is 1210. The average molecular weight is 457 g/mol. The number of nitrogens with one attached hydrogen (secondary N) is 2. The zero-order valence-electron chi connectivity index (χ0n) is 20.4. The van der Waals surface area contributed by atoms with E-state index in [2.05, 4.69) is 52.4 Å². The lowest BCUT2D eigenvalue weighted by molar-refractivity contribution is 0.0951. The van der Waals surface area contributed by atoms with Gasteiger partial charge in [0, 0.05) is 43.3 Å². The van der Waals surface area contributed by atoms with Gasteiger partial charge in [-0.05, 0) is 53.3 Å². The fraction of sp³-hybridized carbons (Fsp3) is 0.259. The Balaban J connectivity index is 1.68. The van der Waals surface area contributed by atoms with Crippen LogP contribution in [0.1, 0.15) is 47.8 Å². The van der Waals surface area contributed by atoms with Crippen LogP contribution in [0.3, 0.4) is 0 Å². The fourth-order valence-corrected chi connectivity index (χ4v) is 3.42. The Morgan fingerprint density at radius 2 is 1.85 bits per heavy atom. The molecule has 1 heterocycles. The summed E-state index contributed by atoms with van der Waals surface area (Å²) in [5, 5.41) is 6.06. The number of allylic oxidation sites excluding steroid dienone is 1.